The van der Waals surface area contributed by atoms with Gasteiger partial charge in [-0.15, -0.1) is 0 Å². The van der Waals surface area contributed by atoms with Crippen LogP contribution in [-0.2, 0) is 14.4 Å². The predicted octanol–water partition coefficient (Wildman–Crippen LogP) is 0.417. The molecule has 1 fully saturated rings. The first kappa shape index (κ1) is 12.4. The number of rotatable bonds is 1. The van der Waals surface area contributed by atoms with Crippen LogP contribution in [0.5, 0.6) is 0 Å². The van der Waals surface area contributed by atoms with Gasteiger partial charge in [-0.1, -0.05) is 12.8 Å². The molecular formula is C8H12O6. The third-order valence-corrected chi connectivity index (χ3v) is 1.89. The quantitative estimate of drug-likeness (QED) is 0.533. The van der Waals surface area contributed by atoms with Crippen LogP contribution in [0, 0.1) is 5.92 Å². The third-order valence-electron chi connectivity index (χ3n) is 1.89. The molecule has 1 aliphatic rings. The van der Waals surface area contributed by atoms with Crippen LogP contribution in [0.25, 0.3) is 0 Å². The largest absolute Gasteiger partial charge is 0.481 e. The van der Waals surface area contributed by atoms with Gasteiger partial charge in [-0.05, 0) is 12.8 Å². The standard InChI is InChI=1S/C6H10O2.C2H2O4/c7-6(8)5-3-1-2-4-5;3-1(4)2(5)6/h5H,1-4H2,(H,7,8);(H,3,4)(H,5,6). The lowest BCUT2D eigenvalue weighted by Crippen LogP contribution is -2.09. The molecule has 0 saturated heterocycles. The molecule has 1 saturated carbocycles. The molecular weight excluding hydrogens is 192 g/mol. The SMILES string of the molecule is O=C(O)C(=O)O.O=C(O)C1CCCC1. The zero-order chi connectivity index (χ0) is 11.1. The Balaban J connectivity index is 0.000000255. The van der Waals surface area contributed by atoms with Gasteiger partial charge in [0.2, 0.25) is 0 Å². The van der Waals surface area contributed by atoms with Crippen LogP contribution in [0.4, 0.5) is 0 Å². The fraction of sp³-hybridized carbons (Fsp3) is 0.625. The van der Waals surface area contributed by atoms with E-state index in [1.807, 2.05) is 0 Å². The monoisotopic (exact) mass is 204 g/mol. The lowest BCUT2D eigenvalue weighted by molar-refractivity contribution is -0.159. The molecule has 0 spiro atoms. The first-order valence-corrected chi connectivity index (χ1v) is 4.14. The molecule has 80 valence electrons. The maximum Gasteiger partial charge on any atom is 0.414 e. The average molecular weight is 204 g/mol. The van der Waals surface area contributed by atoms with Crippen molar-refractivity contribution in [2.45, 2.75) is 25.7 Å². The predicted molar refractivity (Wildman–Crippen MR) is 44.9 cm³/mol. The maximum atomic E-state index is 10.2. The second-order valence-corrected chi connectivity index (χ2v) is 2.93. The molecule has 6 heteroatoms. The van der Waals surface area contributed by atoms with Crippen molar-refractivity contribution in [2.75, 3.05) is 0 Å². The highest BCUT2D eigenvalue weighted by Crippen LogP contribution is 2.24. The van der Waals surface area contributed by atoms with Gasteiger partial charge in [0, 0.05) is 0 Å². The average Bonchev–Trinajstić information content (AvgIpc) is 2.56. The van der Waals surface area contributed by atoms with Crippen molar-refractivity contribution in [1.82, 2.24) is 0 Å². The molecule has 0 unspecified atom stereocenters. The normalized spacial score (nSPS) is 15.4. The van der Waals surface area contributed by atoms with E-state index < -0.39 is 17.9 Å². The summed E-state index contributed by atoms with van der Waals surface area (Å²) < 4.78 is 0. The summed E-state index contributed by atoms with van der Waals surface area (Å²) in [5.41, 5.74) is 0. The van der Waals surface area contributed by atoms with Crippen molar-refractivity contribution in [1.29, 1.82) is 0 Å². The van der Waals surface area contributed by atoms with E-state index >= 15 is 0 Å². The van der Waals surface area contributed by atoms with Gasteiger partial charge >= 0.3 is 17.9 Å². The van der Waals surface area contributed by atoms with E-state index in [9.17, 15) is 4.79 Å². The van der Waals surface area contributed by atoms with Crippen molar-refractivity contribution < 1.29 is 29.7 Å². The van der Waals surface area contributed by atoms with Crippen molar-refractivity contribution in [3.05, 3.63) is 0 Å². The van der Waals surface area contributed by atoms with Crippen LogP contribution in [0.1, 0.15) is 25.7 Å². The van der Waals surface area contributed by atoms with E-state index in [1.54, 1.807) is 0 Å². The molecule has 14 heavy (non-hydrogen) atoms. The molecule has 1 aliphatic carbocycles. The molecule has 6 nitrogen and oxygen atoms in total. The van der Waals surface area contributed by atoms with Crippen molar-refractivity contribution in [2.24, 2.45) is 5.92 Å². The second kappa shape index (κ2) is 5.95. The van der Waals surface area contributed by atoms with Gasteiger partial charge in [0.15, 0.2) is 0 Å². The number of aliphatic carboxylic acids is 3. The summed E-state index contributed by atoms with van der Waals surface area (Å²) in [5, 5.41) is 23.2. The molecule has 0 bridgehead atoms. The fourth-order valence-corrected chi connectivity index (χ4v) is 1.17. The Labute approximate surface area is 80.2 Å². The van der Waals surface area contributed by atoms with Gasteiger partial charge in [-0.25, -0.2) is 9.59 Å². The zero-order valence-electron chi connectivity index (χ0n) is 7.47. The summed E-state index contributed by atoms with van der Waals surface area (Å²) in [4.78, 5) is 28.4. The fourth-order valence-electron chi connectivity index (χ4n) is 1.17. The molecule has 0 aromatic rings. The second-order valence-electron chi connectivity index (χ2n) is 2.93. The number of carboxylic acid groups (broad SMARTS) is 3. The van der Waals surface area contributed by atoms with Crippen LogP contribution in [0.2, 0.25) is 0 Å². The van der Waals surface area contributed by atoms with E-state index in [2.05, 4.69) is 0 Å². The van der Waals surface area contributed by atoms with E-state index in [0.29, 0.717) is 0 Å². The molecule has 0 aromatic carbocycles. The van der Waals surface area contributed by atoms with Crippen molar-refractivity contribution >= 4 is 17.9 Å². The number of carboxylic acids is 3. The number of hydrogen-bond acceptors (Lipinski definition) is 3. The highest BCUT2D eigenvalue weighted by atomic mass is 16.4. The van der Waals surface area contributed by atoms with Gasteiger partial charge in [0.25, 0.3) is 0 Å². The number of carbonyl (C=O) groups is 3. The summed E-state index contributed by atoms with van der Waals surface area (Å²) >= 11 is 0. The van der Waals surface area contributed by atoms with Gasteiger partial charge in [0.1, 0.15) is 0 Å². The molecule has 0 amide bonds. The lowest BCUT2D eigenvalue weighted by atomic mass is 10.1. The highest BCUT2D eigenvalue weighted by Gasteiger charge is 2.20. The van der Waals surface area contributed by atoms with Gasteiger partial charge in [-0.2, -0.15) is 0 Å². The molecule has 3 N–H and O–H groups in total. The van der Waals surface area contributed by atoms with Crippen LogP contribution < -0.4 is 0 Å². The minimum atomic E-state index is -1.82. The summed E-state index contributed by atoms with van der Waals surface area (Å²) in [6.45, 7) is 0. The molecule has 0 aliphatic heterocycles. The Morgan fingerprint density at radius 1 is 0.857 bits per heavy atom. The highest BCUT2D eigenvalue weighted by molar-refractivity contribution is 6.27. The Kier molecular flexibility index (Phi) is 5.28. The molecule has 1 rings (SSSR count). The first-order valence-electron chi connectivity index (χ1n) is 4.14. The Morgan fingerprint density at radius 3 is 1.36 bits per heavy atom. The van der Waals surface area contributed by atoms with Crippen molar-refractivity contribution in [3.8, 4) is 0 Å². The van der Waals surface area contributed by atoms with E-state index in [4.69, 9.17) is 24.9 Å². The Bertz CT molecular complexity index is 216. The van der Waals surface area contributed by atoms with Gasteiger partial charge < -0.3 is 15.3 Å². The molecule has 0 atom stereocenters. The van der Waals surface area contributed by atoms with Crippen LogP contribution in [-0.4, -0.2) is 33.2 Å². The summed E-state index contributed by atoms with van der Waals surface area (Å²) in [6.07, 6.45) is 4.01. The topological polar surface area (TPSA) is 112 Å². The van der Waals surface area contributed by atoms with E-state index in [1.165, 1.54) is 0 Å². The van der Waals surface area contributed by atoms with E-state index in [-0.39, 0.29) is 5.92 Å². The van der Waals surface area contributed by atoms with Gasteiger partial charge in [0.05, 0.1) is 5.92 Å². The lowest BCUT2D eigenvalue weighted by Gasteiger charge is -1.97. The molecule has 0 radical (unpaired) electrons. The Hall–Kier alpha value is -1.59. The molecule has 0 heterocycles. The molecule has 0 aromatic heterocycles. The van der Waals surface area contributed by atoms with Crippen LogP contribution >= 0.6 is 0 Å². The first-order chi connectivity index (χ1) is 6.45. The summed E-state index contributed by atoms with van der Waals surface area (Å²) in [6, 6.07) is 0. The minimum Gasteiger partial charge on any atom is -0.481 e. The smallest absolute Gasteiger partial charge is 0.414 e. The summed E-state index contributed by atoms with van der Waals surface area (Å²) in [7, 11) is 0. The van der Waals surface area contributed by atoms with E-state index in [0.717, 1.165) is 25.7 Å². The summed E-state index contributed by atoms with van der Waals surface area (Å²) in [5.74, 6) is -4.28. The minimum absolute atomic E-state index is 0.0185. The Morgan fingerprint density at radius 2 is 1.21 bits per heavy atom. The van der Waals surface area contributed by atoms with Gasteiger partial charge in [-0.3, -0.25) is 4.79 Å². The number of hydrogen-bond donors (Lipinski definition) is 3. The maximum absolute atomic E-state index is 10.2. The third kappa shape index (κ3) is 5.13. The zero-order valence-corrected chi connectivity index (χ0v) is 7.47. The van der Waals surface area contributed by atoms with Crippen LogP contribution in [0.15, 0.2) is 0 Å². The van der Waals surface area contributed by atoms with Crippen LogP contribution in [0.3, 0.4) is 0 Å². The van der Waals surface area contributed by atoms with Crippen molar-refractivity contribution in [3.63, 3.8) is 0 Å².